The molecule has 4 nitrogen and oxygen atoms in total. The van der Waals surface area contributed by atoms with Gasteiger partial charge < -0.3 is 9.52 Å². The second-order valence-corrected chi connectivity index (χ2v) is 8.10. The Morgan fingerprint density at radius 3 is 2.43 bits per heavy atom. The third kappa shape index (κ3) is 2.99. The molecule has 0 saturated carbocycles. The molecule has 0 aliphatic heterocycles. The van der Waals surface area contributed by atoms with Crippen molar-refractivity contribution in [1.29, 1.82) is 0 Å². The molecule has 0 fully saturated rings. The van der Waals surface area contributed by atoms with Crippen LogP contribution in [0.2, 0.25) is 0 Å². The zero-order valence-electron chi connectivity index (χ0n) is 16.0. The van der Waals surface area contributed by atoms with E-state index < -0.39 is 5.63 Å². The summed E-state index contributed by atoms with van der Waals surface area (Å²) < 4.78 is 6.68. The summed E-state index contributed by atoms with van der Waals surface area (Å²) in [6.45, 7) is 1.95. The number of aryl methyl sites for hydroxylation is 1. The Morgan fingerprint density at radius 1 is 0.900 bits per heavy atom. The minimum Gasteiger partial charge on any atom is -0.507 e. The molecule has 5 rings (SSSR count). The highest BCUT2D eigenvalue weighted by atomic mass is 79.9. The van der Waals surface area contributed by atoms with Gasteiger partial charge >= 0.3 is 5.63 Å². The molecule has 30 heavy (non-hydrogen) atoms. The first-order valence-electron chi connectivity index (χ1n) is 9.43. The van der Waals surface area contributed by atoms with Crippen molar-refractivity contribution in [2.45, 2.75) is 6.92 Å². The lowest BCUT2D eigenvalue weighted by Gasteiger charge is -2.15. The Morgan fingerprint density at radius 2 is 1.67 bits per heavy atom. The van der Waals surface area contributed by atoms with Crippen molar-refractivity contribution < 1.29 is 9.52 Å². The maximum Gasteiger partial charge on any atom is 0.344 e. The van der Waals surface area contributed by atoms with Gasteiger partial charge in [0.25, 0.3) is 0 Å². The van der Waals surface area contributed by atoms with Crippen LogP contribution in [0.25, 0.3) is 44.1 Å². The van der Waals surface area contributed by atoms with Gasteiger partial charge in [-0.3, -0.25) is 4.98 Å². The Balaban J connectivity index is 2.00. The molecular weight excluding hydrogens is 442 g/mol. The van der Waals surface area contributed by atoms with E-state index in [0.717, 1.165) is 20.8 Å². The average Bonchev–Trinajstić information content (AvgIpc) is 2.75. The number of pyridine rings is 1. The summed E-state index contributed by atoms with van der Waals surface area (Å²) >= 11 is 3.53. The van der Waals surface area contributed by atoms with Gasteiger partial charge in [0.05, 0.1) is 5.39 Å². The van der Waals surface area contributed by atoms with E-state index in [2.05, 4.69) is 20.9 Å². The number of aromatic nitrogens is 1. The third-order valence-electron chi connectivity index (χ3n) is 5.19. The van der Waals surface area contributed by atoms with Crippen LogP contribution in [-0.2, 0) is 0 Å². The zero-order valence-corrected chi connectivity index (χ0v) is 17.6. The van der Waals surface area contributed by atoms with E-state index in [-0.39, 0.29) is 5.75 Å². The molecule has 0 saturated heterocycles. The van der Waals surface area contributed by atoms with Crippen LogP contribution >= 0.6 is 15.9 Å². The van der Waals surface area contributed by atoms with Crippen LogP contribution in [0, 0.1) is 6.92 Å². The molecule has 3 aromatic carbocycles. The molecule has 0 radical (unpaired) electrons. The van der Waals surface area contributed by atoms with Crippen LogP contribution in [0.1, 0.15) is 5.56 Å². The Kier molecular flexibility index (Phi) is 4.40. The molecule has 146 valence electrons. The maximum atomic E-state index is 12.8. The fourth-order valence-corrected chi connectivity index (χ4v) is 4.14. The van der Waals surface area contributed by atoms with Gasteiger partial charge in [-0.2, -0.15) is 0 Å². The van der Waals surface area contributed by atoms with Gasteiger partial charge in [-0.15, -0.1) is 0 Å². The molecule has 2 aromatic heterocycles. The van der Waals surface area contributed by atoms with Gasteiger partial charge in [0, 0.05) is 27.2 Å². The highest BCUT2D eigenvalue weighted by Crippen LogP contribution is 2.44. The van der Waals surface area contributed by atoms with Crippen LogP contribution in [0.5, 0.6) is 5.75 Å². The monoisotopic (exact) mass is 457 g/mol. The molecule has 5 aromatic rings. The number of nitrogens with zero attached hydrogens (tertiary/aromatic N) is 1. The number of rotatable bonds is 2. The molecular formula is C25H16BrNO3. The minimum absolute atomic E-state index is 0.105. The van der Waals surface area contributed by atoms with E-state index in [4.69, 9.17) is 4.42 Å². The number of aromatic hydroxyl groups is 1. The second-order valence-electron chi connectivity index (χ2n) is 7.19. The lowest BCUT2D eigenvalue weighted by atomic mass is 9.92. The normalized spacial score (nSPS) is 11.3. The smallest absolute Gasteiger partial charge is 0.344 e. The maximum absolute atomic E-state index is 12.8. The highest BCUT2D eigenvalue weighted by molar-refractivity contribution is 9.10. The average molecular weight is 458 g/mol. The molecule has 5 heteroatoms. The van der Waals surface area contributed by atoms with E-state index in [1.165, 1.54) is 0 Å². The Labute approximate surface area is 180 Å². The Hall–Kier alpha value is -3.44. The first-order valence-corrected chi connectivity index (χ1v) is 10.2. The lowest BCUT2D eigenvalue weighted by molar-refractivity contribution is 0.477. The van der Waals surface area contributed by atoms with Crippen molar-refractivity contribution in [3.05, 3.63) is 93.4 Å². The van der Waals surface area contributed by atoms with E-state index in [1.54, 1.807) is 24.4 Å². The van der Waals surface area contributed by atoms with Crippen molar-refractivity contribution in [1.82, 2.24) is 4.98 Å². The number of halogens is 1. The molecule has 0 spiro atoms. The predicted octanol–water partition coefficient (Wildman–Crippen LogP) is 6.45. The van der Waals surface area contributed by atoms with Crippen molar-refractivity contribution in [2.75, 3.05) is 0 Å². The largest absolute Gasteiger partial charge is 0.507 e. The molecule has 2 heterocycles. The predicted molar refractivity (Wildman–Crippen MR) is 123 cm³/mol. The van der Waals surface area contributed by atoms with Gasteiger partial charge in [-0.25, -0.2) is 4.79 Å². The number of hydrogen-bond donors (Lipinski definition) is 1. The SMILES string of the molecule is Cc1ccc(-c2oc(=O)c3ccccc3c2-c2c(O)ccc3ccc(Br)cc23)nc1. The second kappa shape index (κ2) is 7.11. The number of benzene rings is 3. The van der Waals surface area contributed by atoms with Crippen LogP contribution in [0.15, 0.2) is 86.6 Å². The summed E-state index contributed by atoms with van der Waals surface area (Å²) in [6.07, 6.45) is 1.73. The minimum atomic E-state index is -0.437. The van der Waals surface area contributed by atoms with E-state index >= 15 is 0 Å². The molecule has 0 aliphatic rings. The zero-order chi connectivity index (χ0) is 20.8. The molecule has 0 atom stereocenters. The Bertz CT molecular complexity index is 1480. The standard InChI is InChI=1S/C25H16BrNO3/c1-14-6-10-20(27-13-14)24-23(17-4-2-3-5-18(17)25(29)30-24)22-19-12-16(26)9-7-15(19)8-11-21(22)28/h2-13,28H,1H3. The first-order chi connectivity index (χ1) is 14.5. The summed E-state index contributed by atoms with van der Waals surface area (Å²) in [6, 6.07) is 20.4. The van der Waals surface area contributed by atoms with Crippen molar-refractivity contribution >= 4 is 37.5 Å². The molecule has 0 amide bonds. The summed E-state index contributed by atoms with van der Waals surface area (Å²) in [5.41, 5.74) is 2.34. The topological polar surface area (TPSA) is 63.3 Å². The van der Waals surface area contributed by atoms with Crippen molar-refractivity contribution in [3.63, 3.8) is 0 Å². The van der Waals surface area contributed by atoms with Gasteiger partial charge in [-0.05, 0) is 53.6 Å². The molecule has 0 bridgehead atoms. The van der Waals surface area contributed by atoms with Crippen LogP contribution in [-0.4, -0.2) is 10.1 Å². The fourth-order valence-electron chi connectivity index (χ4n) is 3.77. The lowest BCUT2D eigenvalue weighted by Crippen LogP contribution is -2.04. The summed E-state index contributed by atoms with van der Waals surface area (Å²) in [7, 11) is 0. The first kappa shape index (κ1) is 18.6. The van der Waals surface area contributed by atoms with E-state index in [0.29, 0.717) is 33.4 Å². The highest BCUT2D eigenvalue weighted by Gasteiger charge is 2.22. The van der Waals surface area contributed by atoms with Crippen molar-refractivity contribution in [3.8, 4) is 28.3 Å². The van der Waals surface area contributed by atoms with Crippen molar-refractivity contribution in [2.24, 2.45) is 0 Å². The van der Waals surface area contributed by atoms with Crippen LogP contribution < -0.4 is 5.63 Å². The quantitative estimate of drug-likeness (QED) is 0.330. The number of fused-ring (bicyclic) bond motifs is 2. The van der Waals surface area contributed by atoms with Crippen LogP contribution in [0.4, 0.5) is 0 Å². The molecule has 1 N–H and O–H groups in total. The van der Waals surface area contributed by atoms with Gasteiger partial charge in [0.1, 0.15) is 11.4 Å². The van der Waals surface area contributed by atoms with E-state index in [9.17, 15) is 9.90 Å². The molecule has 0 unspecified atom stereocenters. The summed E-state index contributed by atoms with van der Waals surface area (Å²) in [5, 5.41) is 13.9. The number of phenolic OH excluding ortho intramolecular Hbond substituents is 1. The van der Waals surface area contributed by atoms with Gasteiger partial charge in [0.15, 0.2) is 5.76 Å². The summed E-state index contributed by atoms with van der Waals surface area (Å²) in [4.78, 5) is 17.2. The third-order valence-corrected chi connectivity index (χ3v) is 5.69. The fraction of sp³-hybridized carbons (Fsp3) is 0.0400. The number of phenols is 1. The van der Waals surface area contributed by atoms with Gasteiger partial charge in [-0.1, -0.05) is 52.3 Å². The number of hydrogen-bond acceptors (Lipinski definition) is 4. The van der Waals surface area contributed by atoms with Gasteiger partial charge in [0.2, 0.25) is 0 Å². The molecule has 0 aliphatic carbocycles. The van der Waals surface area contributed by atoms with E-state index in [1.807, 2.05) is 55.5 Å². The van der Waals surface area contributed by atoms with Crippen LogP contribution in [0.3, 0.4) is 0 Å². The summed E-state index contributed by atoms with van der Waals surface area (Å²) in [5.74, 6) is 0.439.